The van der Waals surface area contributed by atoms with Crippen LogP contribution in [0.2, 0.25) is 25.7 Å². The summed E-state index contributed by atoms with van der Waals surface area (Å²) >= 11 is 0. The summed E-state index contributed by atoms with van der Waals surface area (Å²) in [5, 5.41) is 0. The maximum atomic E-state index is 5.13. The third-order valence-electron chi connectivity index (χ3n) is 1.62. The van der Waals surface area contributed by atoms with Gasteiger partial charge in [-0.05, 0) is 6.42 Å². The second-order valence-corrected chi connectivity index (χ2v) is 9.68. The van der Waals surface area contributed by atoms with E-state index < -0.39 is 8.07 Å². The lowest BCUT2D eigenvalue weighted by molar-refractivity contribution is 0.402. The van der Waals surface area contributed by atoms with Gasteiger partial charge in [0.15, 0.2) is 0 Å². The second kappa shape index (κ2) is 2.43. The summed E-state index contributed by atoms with van der Waals surface area (Å²) in [5.74, 6) is 0. The zero-order valence-corrected chi connectivity index (χ0v) is 7.61. The summed E-state index contributed by atoms with van der Waals surface area (Å²) in [5.41, 5.74) is 0. The second-order valence-electron chi connectivity index (χ2n) is 4.05. The Kier molecular flexibility index (Phi) is 1.96. The lowest BCUT2D eigenvalue weighted by Crippen LogP contribution is -2.19. The fraction of sp³-hybridized carbons (Fsp3) is 1.00. The van der Waals surface area contributed by atoms with Gasteiger partial charge in [-0.15, -0.1) is 0 Å². The molecule has 0 aromatic carbocycles. The van der Waals surface area contributed by atoms with E-state index in [-0.39, 0.29) is 0 Å². The molecule has 0 unspecified atom stereocenters. The molecule has 0 amide bonds. The highest BCUT2D eigenvalue weighted by molar-refractivity contribution is 6.76. The van der Waals surface area contributed by atoms with Gasteiger partial charge < -0.3 is 4.74 Å². The molecule has 0 N–H and O–H groups in total. The van der Waals surface area contributed by atoms with Crippen molar-refractivity contribution < 1.29 is 4.74 Å². The number of hydrogen-bond acceptors (Lipinski definition) is 1. The normalized spacial score (nSPS) is 26.3. The van der Waals surface area contributed by atoms with Crippen LogP contribution in [-0.4, -0.2) is 20.8 Å². The Morgan fingerprint density at radius 3 is 2.33 bits per heavy atom. The highest BCUT2D eigenvalue weighted by Gasteiger charge is 2.24. The number of hydrogen-bond donors (Lipinski definition) is 0. The van der Waals surface area contributed by atoms with Crippen LogP contribution in [-0.2, 0) is 4.74 Å². The molecule has 1 saturated heterocycles. The van der Waals surface area contributed by atoms with E-state index >= 15 is 0 Å². The predicted molar refractivity (Wildman–Crippen MR) is 42.5 cm³/mol. The molecule has 0 bridgehead atoms. The van der Waals surface area contributed by atoms with Crippen LogP contribution in [0.4, 0.5) is 0 Å². The minimum atomic E-state index is -0.760. The predicted octanol–water partition coefficient (Wildman–Crippen LogP) is 2.11. The summed E-state index contributed by atoms with van der Waals surface area (Å²) in [6.45, 7) is 8.27. The van der Waals surface area contributed by atoms with Crippen LogP contribution in [0.15, 0.2) is 0 Å². The van der Waals surface area contributed by atoms with Gasteiger partial charge in [0.05, 0.1) is 12.7 Å². The Labute approximate surface area is 58.4 Å². The largest absolute Gasteiger partial charge is 0.373 e. The highest BCUT2D eigenvalue weighted by atomic mass is 28.3. The number of ether oxygens (including phenoxy) is 1. The first-order valence-corrected chi connectivity index (χ1v) is 7.40. The average molecular weight is 144 g/mol. The molecule has 0 aromatic heterocycles. The van der Waals surface area contributed by atoms with Crippen molar-refractivity contribution in [2.24, 2.45) is 0 Å². The van der Waals surface area contributed by atoms with E-state index in [9.17, 15) is 0 Å². The van der Waals surface area contributed by atoms with Crippen molar-refractivity contribution >= 4 is 8.07 Å². The first-order chi connectivity index (χ1) is 4.08. The van der Waals surface area contributed by atoms with Crippen LogP contribution in [0.1, 0.15) is 6.42 Å². The van der Waals surface area contributed by atoms with Gasteiger partial charge in [0.2, 0.25) is 0 Å². The third kappa shape index (κ3) is 3.70. The molecule has 0 radical (unpaired) electrons. The van der Waals surface area contributed by atoms with Gasteiger partial charge in [-0.25, -0.2) is 0 Å². The van der Waals surface area contributed by atoms with Crippen molar-refractivity contribution in [2.75, 3.05) is 6.61 Å². The smallest absolute Gasteiger partial charge is 0.0807 e. The van der Waals surface area contributed by atoms with E-state index in [1.165, 1.54) is 12.5 Å². The summed E-state index contributed by atoms with van der Waals surface area (Å²) < 4.78 is 5.13. The maximum Gasteiger partial charge on any atom is 0.0807 e. The van der Waals surface area contributed by atoms with Gasteiger partial charge in [-0.3, -0.25) is 0 Å². The quantitative estimate of drug-likeness (QED) is 0.436. The molecular formula is C7H16OSi. The molecule has 0 spiro atoms. The maximum absolute atomic E-state index is 5.13. The van der Waals surface area contributed by atoms with Crippen molar-refractivity contribution in [1.29, 1.82) is 0 Å². The first kappa shape index (κ1) is 7.29. The van der Waals surface area contributed by atoms with Gasteiger partial charge in [0.25, 0.3) is 0 Å². The van der Waals surface area contributed by atoms with Gasteiger partial charge in [-0.1, -0.05) is 25.7 Å². The highest BCUT2D eigenvalue weighted by Crippen LogP contribution is 2.20. The van der Waals surface area contributed by atoms with Crippen molar-refractivity contribution in [3.05, 3.63) is 0 Å². The molecule has 1 fully saturated rings. The molecular weight excluding hydrogens is 128 g/mol. The summed E-state index contributed by atoms with van der Waals surface area (Å²) in [7, 11) is -0.760. The SMILES string of the molecule is C[Si](C)(C)CC[C@@H]1CO1. The first-order valence-electron chi connectivity index (χ1n) is 3.69. The van der Waals surface area contributed by atoms with Crippen molar-refractivity contribution in [1.82, 2.24) is 0 Å². The van der Waals surface area contributed by atoms with Crippen LogP contribution in [0.3, 0.4) is 0 Å². The number of epoxide rings is 1. The van der Waals surface area contributed by atoms with Gasteiger partial charge in [0.1, 0.15) is 0 Å². The zero-order valence-electron chi connectivity index (χ0n) is 6.61. The summed E-state index contributed by atoms with van der Waals surface area (Å²) in [6.07, 6.45) is 1.96. The van der Waals surface area contributed by atoms with E-state index in [1.54, 1.807) is 0 Å². The fourth-order valence-electron chi connectivity index (χ4n) is 0.829. The van der Waals surface area contributed by atoms with Crippen molar-refractivity contribution in [3.63, 3.8) is 0 Å². The van der Waals surface area contributed by atoms with E-state index in [2.05, 4.69) is 19.6 Å². The molecule has 0 saturated carbocycles. The standard InChI is InChI=1S/C7H16OSi/c1-9(2,3)5-4-7-6-8-7/h7H,4-6H2,1-3H3/t7-/m1/s1. The zero-order chi connectivity index (χ0) is 6.91. The Hall–Kier alpha value is 0.177. The molecule has 2 heteroatoms. The van der Waals surface area contributed by atoms with Crippen LogP contribution < -0.4 is 0 Å². The molecule has 0 aliphatic carbocycles. The Morgan fingerprint density at radius 2 is 2.00 bits per heavy atom. The Balaban J connectivity index is 2.03. The Bertz CT molecular complexity index is 91.6. The van der Waals surface area contributed by atoms with Crippen molar-refractivity contribution in [2.45, 2.75) is 38.2 Å². The summed E-state index contributed by atoms with van der Waals surface area (Å²) in [4.78, 5) is 0. The van der Waals surface area contributed by atoms with Crippen LogP contribution >= 0.6 is 0 Å². The van der Waals surface area contributed by atoms with Crippen molar-refractivity contribution in [3.8, 4) is 0 Å². The lowest BCUT2D eigenvalue weighted by atomic mass is 10.4. The fourth-order valence-corrected chi connectivity index (χ4v) is 2.02. The monoisotopic (exact) mass is 144 g/mol. The molecule has 9 heavy (non-hydrogen) atoms. The van der Waals surface area contributed by atoms with E-state index in [0.717, 1.165) is 6.61 Å². The molecule has 1 aliphatic rings. The molecule has 54 valence electrons. The van der Waals surface area contributed by atoms with E-state index in [1.807, 2.05) is 0 Å². The molecule has 1 rings (SSSR count). The van der Waals surface area contributed by atoms with E-state index in [4.69, 9.17) is 4.74 Å². The average Bonchev–Trinajstić information content (AvgIpc) is 2.38. The Morgan fingerprint density at radius 1 is 1.44 bits per heavy atom. The number of rotatable bonds is 3. The van der Waals surface area contributed by atoms with Crippen LogP contribution in [0.5, 0.6) is 0 Å². The third-order valence-corrected chi connectivity index (χ3v) is 3.41. The van der Waals surface area contributed by atoms with Crippen LogP contribution in [0, 0.1) is 0 Å². The molecule has 1 nitrogen and oxygen atoms in total. The van der Waals surface area contributed by atoms with Gasteiger partial charge in [0, 0.05) is 8.07 Å². The topological polar surface area (TPSA) is 12.5 Å². The van der Waals surface area contributed by atoms with Gasteiger partial charge in [-0.2, -0.15) is 0 Å². The minimum Gasteiger partial charge on any atom is -0.373 e. The molecule has 1 heterocycles. The molecule has 1 aliphatic heterocycles. The lowest BCUT2D eigenvalue weighted by Gasteiger charge is -2.13. The molecule has 1 atom stereocenters. The van der Waals surface area contributed by atoms with Crippen LogP contribution in [0.25, 0.3) is 0 Å². The van der Waals surface area contributed by atoms with Gasteiger partial charge >= 0.3 is 0 Å². The van der Waals surface area contributed by atoms with E-state index in [0.29, 0.717) is 6.10 Å². The minimum absolute atomic E-state index is 0.650. The summed E-state index contributed by atoms with van der Waals surface area (Å²) in [6, 6.07) is 1.43. The molecule has 0 aromatic rings.